The van der Waals surface area contributed by atoms with Crippen LogP contribution in [0.5, 0.6) is 0 Å². The van der Waals surface area contributed by atoms with Crippen molar-refractivity contribution in [3.63, 3.8) is 0 Å². The van der Waals surface area contributed by atoms with Gasteiger partial charge in [0.05, 0.1) is 13.0 Å². The van der Waals surface area contributed by atoms with Gasteiger partial charge in [0, 0.05) is 0 Å². The summed E-state index contributed by atoms with van der Waals surface area (Å²) in [4.78, 5) is 11.5. The summed E-state index contributed by atoms with van der Waals surface area (Å²) in [6, 6.07) is 0. The standard InChI is InChI=1S/C14H24O2/c1-5-8(2)13-11-6-10(7-12(11)13)9(3)14(15)16-4/h8-13H,5-7H2,1-4H3/t8?,9?,10?,11-,12+,13?. The molecule has 2 aliphatic rings. The van der Waals surface area contributed by atoms with E-state index in [9.17, 15) is 4.79 Å². The monoisotopic (exact) mass is 224 g/mol. The van der Waals surface area contributed by atoms with Crippen LogP contribution in [0.15, 0.2) is 0 Å². The van der Waals surface area contributed by atoms with Gasteiger partial charge in [0.2, 0.25) is 0 Å². The zero-order valence-corrected chi connectivity index (χ0v) is 10.9. The lowest BCUT2D eigenvalue weighted by atomic mass is 9.85. The van der Waals surface area contributed by atoms with Gasteiger partial charge in [-0.05, 0) is 42.4 Å². The fourth-order valence-corrected chi connectivity index (χ4v) is 3.84. The lowest BCUT2D eigenvalue weighted by Gasteiger charge is -2.21. The highest BCUT2D eigenvalue weighted by atomic mass is 16.5. The first-order valence-corrected chi connectivity index (χ1v) is 6.67. The van der Waals surface area contributed by atoms with Crippen molar-refractivity contribution in [3.05, 3.63) is 0 Å². The van der Waals surface area contributed by atoms with Gasteiger partial charge >= 0.3 is 5.97 Å². The van der Waals surface area contributed by atoms with E-state index in [-0.39, 0.29) is 11.9 Å². The smallest absolute Gasteiger partial charge is 0.308 e. The normalized spacial score (nSPS) is 40.0. The Morgan fingerprint density at radius 3 is 2.31 bits per heavy atom. The van der Waals surface area contributed by atoms with E-state index < -0.39 is 0 Å². The molecule has 16 heavy (non-hydrogen) atoms. The number of carbonyl (C=O) groups excluding carboxylic acids is 1. The lowest BCUT2D eigenvalue weighted by Crippen LogP contribution is -2.22. The van der Waals surface area contributed by atoms with Crippen LogP contribution < -0.4 is 0 Å². The molecule has 2 aliphatic carbocycles. The average molecular weight is 224 g/mol. The quantitative estimate of drug-likeness (QED) is 0.686. The molecule has 2 nitrogen and oxygen atoms in total. The number of ether oxygens (including phenoxy) is 1. The first kappa shape index (κ1) is 11.9. The average Bonchev–Trinajstić information content (AvgIpc) is 2.80. The van der Waals surface area contributed by atoms with Crippen LogP contribution in [-0.4, -0.2) is 13.1 Å². The largest absolute Gasteiger partial charge is 0.469 e. The minimum atomic E-state index is -0.0219. The molecule has 0 aliphatic heterocycles. The Labute approximate surface area is 98.7 Å². The van der Waals surface area contributed by atoms with Gasteiger partial charge in [0.15, 0.2) is 0 Å². The molecule has 0 N–H and O–H groups in total. The molecule has 4 unspecified atom stereocenters. The van der Waals surface area contributed by atoms with E-state index in [1.54, 1.807) is 0 Å². The van der Waals surface area contributed by atoms with Crippen molar-refractivity contribution >= 4 is 5.97 Å². The molecular formula is C14H24O2. The summed E-state index contributed by atoms with van der Waals surface area (Å²) in [5, 5.41) is 0. The number of rotatable bonds is 4. The summed E-state index contributed by atoms with van der Waals surface area (Å²) in [6.07, 6.45) is 3.82. The first-order chi connectivity index (χ1) is 7.60. The van der Waals surface area contributed by atoms with Crippen LogP contribution in [0.4, 0.5) is 0 Å². The maximum atomic E-state index is 11.5. The third-order valence-electron chi connectivity index (χ3n) is 5.13. The van der Waals surface area contributed by atoms with Gasteiger partial charge in [-0.25, -0.2) is 0 Å². The molecule has 0 saturated heterocycles. The number of esters is 1. The summed E-state index contributed by atoms with van der Waals surface area (Å²) in [5.41, 5.74) is 0. The fourth-order valence-electron chi connectivity index (χ4n) is 3.84. The summed E-state index contributed by atoms with van der Waals surface area (Å²) < 4.78 is 4.83. The highest BCUT2D eigenvalue weighted by Gasteiger charge is 2.58. The second kappa shape index (κ2) is 4.38. The van der Waals surface area contributed by atoms with E-state index >= 15 is 0 Å². The lowest BCUT2D eigenvalue weighted by molar-refractivity contribution is -0.146. The number of hydrogen-bond acceptors (Lipinski definition) is 2. The highest BCUT2D eigenvalue weighted by molar-refractivity contribution is 5.72. The van der Waals surface area contributed by atoms with Crippen molar-refractivity contribution < 1.29 is 9.53 Å². The Bertz CT molecular complexity index is 262. The first-order valence-electron chi connectivity index (χ1n) is 6.67. The summed E-state index contributed by atoms with van der Waals surface area (Å²) in [5.74, 6) is 4.36. The molecule has 0 amide bonds. The summed E-state index contributed by atoms with van der Waals surface area (Å²) in [7, 11) is 1.50. The van der Waals surface area contributed by atoms with Gasteiger partial charge in [-0.3, -0.25) is 4.79 Å². The molecule has 2 heteroatoms. The van der Waals surface area contributed by atoms with Gasteiger partial charge in [-0.1, -0.05) is 27.2 Å². The Balaban J connectivity index is 1.84. The number of hydrogen-bond donors (Lipinski definition) is 0. The molecule has 0 aromatic rings. The van der Waals surface area contributed by atoms with E-state index in [0.29, 0.717) is 5.92 Å². The van der Waals surface area contributed by atoms with Crippen LogP contribution in [0.2, 0.25) is 0 Å². The van der Waals surface area contributed by atoms with Gasteiger partial charge in [-0.15, -0.1) is 0 Å². The maximum absolute atomic E-state index is 11.5. The van der Waals surface area contributed by atoms with Crippen molar-refractivity contribution in [2.75, 3.05) is 7.11 Å². The third-order valence-corrected chi connectivity index (χ3v) is 5.13. The highest BCUT2D eigenvalue weighted by Crippen LogP contribution is 2.64. The van der Waals surface area contributed by atoms with Crippen LogP contribution in [0.25, 0.3) is 0 Å². The Kier molecular flexibility index (Phi) is 3.27. The SMILES string of the molecule is CCC(C)C1[C@H]2CC(C(C)C(=O)OC)C[C@@H]12. The van der Waals surface area contributed by atoms with Crippen molar-refractivity contribution in [2.45, 2.75) is 40.0 Å². The molecular weight excluding hydrogens is 200 g/mol. The van der Waals surface area contributed by atoms with Gasteiger partial charge in [0.1, 0.15) is 0 Å². The molecule has 0 heterocycles. The topological polar surface area (TPSA) is 26.3 Å². The molecule has 2 fully saturated rings. The maximum Gasteiger partial charge on any atom is 0.308 e. The molecule has 2 saturated carbocycles. The summed E-state index contributed by atoms with van der Waals surface area (Å²) >= 11 is 0. The van der Waals surface area contributed by atoms with Gasteiger partial charge < -0.3 is 4.74 Å². The molecule has 0 aromatic carbocycles. The molecule has 0 aromatic heterocycles. The predicted molar refractivity (Wildman–Crippen MR) is 63.8 cm³/mol. The van der Waals surface area contributed by atoms with Crippen LogP contribution in [0.1, 0.15) is 40.0 Å². The number of fused-ring (bicyclic) bond motifs is 1. The molecule has 2 rings (SSSR count). The van der Waals surface area contributed by atoms with E-state index in [2.05, 4.69) is 13.8 Å². The molecule has 92 valence electrons. The minimum absolute atomic E-state index is 0.0219. The Morgan fingerprint density at radius 1 is 1.31 bits per heavy atom. The zero-order valence-electron chi connectivity index (χ0n) is 10.9. The van der Waals surface area contributed by atoms with Gasteiger partial charge in [-0.2, -0.15) is 0 Å². The molecule has 0 radical (unpaired) electrons. The number of methoxy groups -OCH3 is 1. The van der Waals surface area contributed by atoms with E-state index in [1.807, 2.05) is 6.92 Å². The zero-order chi connectivity index (χ0) is 11.9. The molecule has 6 atom stereocenters. The Morgan fingerprint density at radius 2 is 1.88 bits per heavy atom. The van der Waals surface area contributed by atoms with Crippen LogP contribution >= 0.6 is 0 Å². The van der Waals surface area contributed by atoms with Crippen molar-refractivity contribution in [3.8, 4) is 0 Å². The third kappa shape index (κ3) is 1.87. The van der Waals surface area contributed by atoms with Crippen molar-refractivity contribution in [1.82, 2.24) is 0 Å². The second-order valence-electron chi connectivity index (χ2n) is 5.83. The fraction of sp³-hybridized carbons (Fsp3) is 0.929. The molecule has 0 spiro atoms. The van der Waals surface area contributed by atoms with Crippen molar-refractivity contribution in [1.29, 1.82) is 0 Å². The van der Waals surface area contributed by atoms with Crippen LogP contribution in [-0.2, 0) is 9.53 Å². The van der Waals surface area contributed by atoms with Crippen LogP contribution in [0, 0.1) is 35.5 Å². The molecule has 0 bridgehead atoms. The minimum Gasteiger partial charge on any atom is -0.469 e. The van der Waals surface area contributed by atoms with E-state index in [4.69, 9.17) is 4.74 Å². The van der Waals surface area contributed by atoms with E-state index in [1.165, 1.54) is 26.4 Å². The van der Waals surface area contributed by atoms with Crippen LogP contribution in [0.3, 0.4) is 0 Å². The van der Waals surface area contributed by atoms with E-state index in [0.717, 1.165) is 23.7 Å². The van der Waals surface area contributed by atoms with Gasteiger partial charge in [0.25, 0.3) is 0 Å². The number of carbonyl (C=O) groups is 1. The summed E-state index contributed by atoms with van der Waals surface area (Å²) in [6.45, 7) is 6.69. The second-order valence-corrected chi connectivity index (χ2v) is 5.83. The Hall–Kier alpha value is -0.530. The predicted octanol–water partition coefficient (Wildman–Crippen LogP) is 3.11. The van der Waals surface area contributed by atoms with Crippen molar-refractivity contribution in [2.24, 2.45) is 35.5 Å².